The largest absolute Gasteiger partial charge is 0.457 e. The molecule has 1 saturated carbocycles. The molecule has 0 radical (unpaired) electrons. The van der Waals surface area contributed by atoms with Gasteiger partial charge in [0.05, 0.1) is 0 Å². The van der Waals surface area contributed by atoms with Crippen LogP contribution in [0.5, 0.6) is 0 Å². The van der Waals surface area contributed by atoms with Crippen molar-refractivity contribution in [3.8, 4) is 17.4 Å². The molecule has 2 atom stereocenters. The molecule has 3 rings (SSSR count). The number of halogens is 1. The molecule has 1 aliphatic carbocycles. The van der Waals surface area contributed by atoms with Gasteiger partial charge in [0.1, 0.15) is 23.2 Å². The molecule has 0 bridgehead atoms. The maximum absolute atomic E-state index is 12.5. The Kier molecular flexibility index (Phi) is 5.95. The monoisotopic (exact) mass is 412 g/mol. The third-order valence-corrected chi connectivity index (χ3v) is 5.36. The fourth-order valence-electron chi connectivity index (χ4n) is 3.27. The smallest absolute Gasteiger partial charge is 0.262 e. The number of nitrogens with zero attached hydrogens (tertiary/aromatic N) is 1. The van der Waals surface area contributed by atoms with E-state index in [-0.39, 0.29) is 17.5 Å². The number of furan rings is 1. The molecule has 0 saturated heterocycles. The van der Waals surface area contributed by atoms with Crippen molar-refractivity contribution < 1.29 is 9.21 Å². The molecular formula is C21H21BrN2O2. The first kappa shape index (κ1) is 18.5. The predicted octanol–water partition coefficient (Wildman–Crippen LogP) is 5.31. The highest BCUT2D eigenvalue weighted by Gasteiger charge is 2.24. The first-order valence-corrected chi connectivity index (χ1v) is 9.64. The highest BCUT2D eigenvalue weighted by molar-refractivity contribution is 9.10. The van der Waals surface area contributed by atoms with Crippen molar-refractivity contribution >= 4 is 27.9 Å². The van der Waals surface area contributed by atoms with Crippen LogP contribution in [0.1, 0.15) is 38.4 Å². The third kappa shape index (κ3) is 4.44. The summed E-state index contributed by atoms with van der Waals surface area (Å²) in [5.41, 5.74) is 1.01. The van der Waals surface area contributed by atoms with E-state index < -0.39 is 0 Å². The van der Waals surface area contributed by atoms with Gasteiger partial charge in [0, 0.05) is 22.2 Å². The van der Waals surface area contributed by atoms with E-state index in [0.29, 0.717) is 17.4 Å². The molecule has 0 unspecified atom stereocenters. The lowest BCUT2D eigenvalue weighted by atomic mass is 9.86. The minimum Gasteiger partial charge on any atom is -0.457 e. The molecule has 0 aliphatic heterocycles. The number of nitrogens with one attached hydrogen (secondary N) is 1. The molecule has 26 heavy (non-hydrogen) atoms. The second-order valence-electron chi connectivity index (χ2n) is 6.72. The predicted molar refractivity (Wildman–Crippen MR) is 105 cm³/mol. The summed E-state index contributed by atoms with van der Waals surface area (Å²) in [7, 11) is 0. The summed E-state index contributed by atoms with van der Waals surface area (Å²) in [5.74, 6) is 1.31. The molecule has 1 aliphatic rings. The molecule has 2 aromatic rings. The maximum atomic E-state index is 12.5. The molecule has 4 nitrogen and oxygen atoms in total. The average molecular weight is 413 g/mol. The van der Waals surface area contributed by atoms with Crippen LogP contribution in [0.2, 0.25) is 0 Å². The van der Waals surface area contributed by atoms with Gasteiger partial charge in [0.2, 0.25) is 0 Å². The van der Waals surface area contributed by atoms with Crippen LogP contribution in [0.15, 0.2) is 50.9 Å². The fourth-order valence-corrected chi connectivity index (χ4v) is 3.53. The molecule has 5 heteroatoms. The molecular weight excluding hydrogens is 392 g/mol. The second-order valence-corrected chi connectivity index (χ2v) is 7.64. The number of carbonyl (C=O) groups excluding carboxylic acids is 1. The van der Waals surface area contributed by atoms with E-state index in [4.69, 9.17) is 4.42 Å². The summed E-state index contributed by atoms with van der Waals surface area (Å²) in [6.45, 7) is 2.15. The van der Waals surface area contributed by atoms with Crippen molar-refractivity contribution in [2.45, 2.75) is 38.6 Å². The van der Waals surface area contributed by atoms with E-state index >= 15 is 0 Å². The zero-order valence-corrected chi connectivity index (χ0v) is 16.3. The van der Waals surface area contributed by atoms with Crippen molar-refractivity contribution in [3.63, 3.8) is 0 Å². The Hall–Kier alpha value is -2.32. The summed E-state index contributed by atoms with van der Waals surface area (Å²) >= 11 is 3.41. The van der Waals surface area contributed by atoms with Crippen LogP contribution in [-0.2, 0) is 4.79 Å². The van der Waals surface area contributed by atoms with E-state index in [0.717, 1.165) is 29.3 Å². The molecule has 1 aromatic carbocycles. The first-order valence-electron chi connectivity index (χ1n) is 8.85. The normalized spacial score (nSPS) is 20.4. The number of nitriles is 1. The van der Waals surface area contributed by atoms with Gasteiger partial charge >= 0.3 is 0 Å². The molecule has 1 aromatic heterocycles. The SMILES string of the molecule is C[C@@H]1CCCC[C@H]1NC(=O)/C(C#N)=C/c1ccc(-c2ccc(Br)cc2)o1. The van der Waals surface area contributed by atoms with Gasteiger partial charge in [-0.1, -0.05) is 47.8 Å². The molecule has 134 valence electrons. The molecule has 1 N–H and O–H groups in total. The Morgan fingerprint density at radius 1 is 1.23 bits per heavy atom. The highest BCUT2D eigenvalue weighted by atomic mass is 79.9. The lowest BCUT2D eigenvalue weighted by molar-refractivity contribution is -0.118. The highest BCUT2D eigenvalue weighted by Crippen LogP contribution is 2.26. The van der Waals surface area contributed by atoms with Crippen LogP contribution in [0, 0.1) is 17.2 Å². The maximum Gasteiger partial charge on any atom is 0.262 e. The molecule has 1 amide bonds. The van der Waals surface area contributed by atoms with Gasteiger partial charge in [-0.3, -0.25) is 4.79 Å². The van der Waals surface area contributed by atoms with Crippen LogP contribution >= 0.6 is 15.9 Å². The second kappa shape index (κ2) is 8.37. The zero-order valence-electron chi connectivity index (χ0n) is 14.7. The number of amides is 1. The number of rotatable bonds is 4. The van der Waals surface area contributed by atoms with Crippen molar-refractivity contribution in [3.05, 3.63) is 52.2 Å². The number of hydrogen-bond donors (Lipinski definition) is 1. The quantitative estimate of drug-likeness (QED) is 0.546. The Morgan fingerprint density at radius 3 is 2.65 bits per heavy atom. The van der Waals surface area contributed by atoms with Gasteiger partial charge < -0.3 is 9.73 Å². The van der Waals surface area contributed by atoms with Crippen molar-refractivity contribution in [2.75, 3.05) is 0 Å². The van der Waals surface area contributed by atoms with Gasteiger partial charge in [0.25, 0.3) is 5.91 Å². The van der Waals surface area contributed by atoms with Crippen molar-refractivity contribution in [1.29, 1.82) is 5.26 Å². The summed E-state index contributed by atoms with van der Waals surface area (Å²) in [6.07, 6.45) is 5.92. The van der Waals surface area contributed by atoms with E-state index in [1.54, 1.807) is 6.07 Å². The average Bonchev–Trinajstić information content (AvgIpc) is 3.10. The lowest BCUT2D eigenvalue weighted by Gasteiger charge is -2.29. The van der Waals surface area contributed by atoms with Crippen molar-refractivity contribution in [2.24, 2.45) is 5.92 Å². The van der Waals surface area contributed by atoms with Gasteiger partial charge in [-0.15, -0.1) is 0 Å². The Balaban J connectivity index is 1.73. The number of benzene rings is 1. The summed E-state index contributed by atoms with van der Waals surface area (Å²) < 4.78 is 6.77. The van der Waals surface area contributed by atoms with Gasteiger partial charge in [0.15, 0.2) is 0 Å². The molecule has 1 heterocycles. The zero-order chi connectivity index (χ0) is 18.5. The van der Waals surface area contributed by atoms with E-state index in [1.165, 1.54) is 12.5 Å². The Labute approximate surface area is 162 Å². The van der Waals surface area contributed by atoms with Gasteiger partial charge in [-0.05, 0) is 43.0 Å². The van der Waals surface area contributed by atoms with E-state index in [1.807, 2.05) is 36.4 Å². The van der Waals surface area contributed by atoms with Crippen molar-refractivity contribution in [1.82, 2.24) is 5.32 Å². The van der Waals surface area contributed by atoms with Crippen LogP contribution in [0.3, 0.4) is 0 Å². The van der Waals surface area contributed by atoms with Crippen LogP contribution in [0.4, 0.5) is 0 Å². The van der Waals surface area contributed by atoms with E-state index in [9.17, 15) is 10.1 Å². The number of carbonyl (C=O) groups is 1. The number of hydrogen-bond acceptors (Lipinski definition) is 3. The summed E-state index contributed by atoms with van der Waals surface area (Å²) in [5, 5.41) is 12.4. The summed E-state index contributed by atoms with van der Waals surface area (Å²) in [6, 6.07) is 13.5. The minimum absolute atomic E-state index is 0.0690. The third-order valence-electron chi connectivity index (χ3n) is 4.84. The van der Waals surface area contributed by atoms with Gasteiger partial charge in [-0.2, -0.15) is 5.26 Å². The summed E-state index contributed by atoms with van der Waals surface area (Å²) in [4.78, 5) is 12.5. The lowest BCUT2D eigenvalue weighted by Crippen LogP contribution is -2.41. The van der Waals surface area contributed by atoms with Gasteiger partial charge in [-0.25, -0.2) is 0 Å². The van der Waals surface area contributed by atoms with Crippen LogP contribution < -0.4 is 5.32 Å². The topological polar surface area (TPSA) is 66.0 Å². The minimum atomic E-state index is -0.326. The van der Waals surface area contributed by atoms with Crippen LogP contribution in [0.25, 0.3) is 17.4 Å². The Morgan fingerprint density at radius 2 is 1.96 bits per heavy atom. The molecule has 0 spiro atoms. The first-order chi connectivity index (χ1) is 12.6. The fraction of sp³-hybridized carbons (Fsp3) is 0.333. The van der Waals surface area contributed by atoms with Crippen LogP contribution in [-0.4, -0.2) is 11.9 Å². The van der Waals surface area contributed by atoms with E-state index in [2.05, 4.69) is 28.2 Å². The molecule has 1 fully saturated rings. The standard InChI is InChI=1S/C21H21BrN2O2/c1-14-4-2-3-5-19(14)24-21(25)16(13-23)12-18-10-11-20(26-18)15-6-8-17(22)9-7-15/h6-12,14,19H,2-5H2,1H3,(H,24,25)/b16-12+/t14-,19-/m1/s1. The Bertz CT molecular complexity index is 846.